The molecule has 2 aromatic rings. The van der Waals surface area contributed by atoms with Gasteiger partial charge in [-0.15, -0.1) is 0 Å². The van der Waals surface area contributed by atoms with E-state index in [2.05, 4.69) is 0 Å². The van der Waals surface area contributed by atoms with Crippen LogP contribution in [0.1, 0.15) is 17.1 Å². The van der Waals surface area contributed by atoms with E-state index in [0.717, 1.165) is 5.56 Å². The Bertz CT molecular complexity index is 602. The topological polar surface area (TPSA) is 73.3 Å². The Kier molecular flexibility index (Phi) is 3.84. The third kappa shape index (κ3) is 3.45. The van der Waals surface area contributed by atoms with Crippen molar-refractivity contribution in [3.63, 3.8) is 0 Å². The summed E-state index contributed by atoms with van der Waals surface area (Å²) in [5.74, 6) is 0.959. The second-order valence-electron chi connectivity index (χ2n) is 4.09. The Balaban J connectivity index is 2.08. The highest BCUT2D eigenvalue weighted by molar-refractivity contribution is 7.89. The van der Waals surface area contributed by atoms with E-state index in [1.54, 1.807) is 24.3 Å². The Morgan fingerprint density at radius 1 is 0.944 bits per heavy atom. The minimum atomic E-state index is -3.22. The largest absolute Gasteiger partial charge is 0.464 e. The molecule has 0 saturated heterocycles. The molecule has 0 unspecified atom stereocenters. The maximum Gasteiger partial charge on any atom is 0.161 e. The molecule has 5 heteroatoms. The van der Waals surface area contributed by atoms with Gasteiger partial charge in [0, 0.05) is 0 Å². The van der Waals surface area contributed by atoms with Gasteiger partial charge in [0.2, 0.25) is 0 Å². The van der Waals surface area contributed by atoms with E-state index in [1.165, 1.54) is 0 Å². The van der Waals surface area contributed by atoms with Gasteiger partial charge in [-0.05, 0) is 17.7 Å². The van der Waals surface area contributed by atoms with E-state index in [9.17, 15) is 8.42 Å². The highest BCUT2D eigenvalue weighted by Crippen LogP contribution is 2.14. The first-order valence-electron chi connectivity index (χ1n) is 5.61. The first-order chi connectivity index (χ1) is 8.59. The minimum absolute atomic E-state index is 0.0203. The van der Waals surface area contributed by atoms with Crippen LogP contribution in [0, 0.1) is 0 Å². The van der Waals surface area contributed by atoms with Gasteiger partial charge in [0.15, 0.2) is 9.84 Å². The molecule has 96 valence electrons. The molecule has 0 aliphatic rings. The smallest absolute Gasteiger partial charge is 0.161 e. The van der Waals surface area contributed by atoms with Gasteiger partial charge >= 0.3 is 0 Å². The van der Waals surface area contributed by atoms with Gasteiger partial charge in [-0.2, -0.15) is 0 Å². The zero-order valence-corrected chi connectivity index (χ0v) is 10.7. The fourth-order valence-corrected chi connectivity index (χ4v) is 3.10. The quantitative estimate of drug-likeness (QED) is 0.895. The van der Waals surface area contributed by atoms with Gasteiger partial charge in [-0.1, -0.05) is 30.3 Å². The predicted molar refractivity (Wildman–Crippen MR) is 69.4 cm³/mol. The van der Waals surface area contributed by atoms with Crippen molar-refractivity contribution in [3.05, 3.63) is 59.5 Å². The lowest BCUT2D eigenvalue weighted by atomic mass is 10.2. The molecule has 1 aromatic heterocycles. The summed E-state index contributed by atoms with van der Waals surface area (Å²) in [4.78, 5) is 0. The van der Waals surface area contributed by atoms with Crippen LogP contribution in [-0.4, -0.2) is 8.42 Å². The molecule has 0 aliphatic carbocycles. The molecular formula is C13H15NO3S. The summed E-state index contributed by atoms with van der Waals surface area (Å²) in [5.41, 5.74) is 6.19. The van der Waals surface area contributed by atoms with E-state index in [4.69, 9.17) is 10.2 Å². The maximum absolute atomic E-state index is 12.0. The van der Waals surface area contributed by atoms with Crippen molar-refractivity contribution in [1.29, 1.82) is 0 Å². The molecule has 0 fully saturated rings. The van der Waals surface area contributed by atoms with E-state index >= 15 is 0 Å². The molecular weight excluding hydrogens is 250 g/mol. The highest BCUT2D eigenvalue weighted by atomic mass is 32.2. The van der Waals surface area contributed by atoms with Crippen LogP contribution in [0.4, 0.5) is 0 Å². The molecule has 0 spiro atoms. The number of furan rings is 1. The second kappa shape index (κ2) is 5.37. The van der Waals surface area contributed by atoms with Crippen molar-refractivity contribution >= 4 is 9.84 Å². The first kappa shape index (κ1) is 12.9. The third-order valence-corrected chi connectivity index (χ3v) is 4.01. The molecule has 18 heavy (non-hydrogen) atoms. The van der Waals surface area contributed by atoms with Gasteiger partial charge in [-0.3, -0.25) is 0 Å². The van der Waals surface area contributed by atoms with Gasteiger partial charge in [-0.25, -0.2) is 8.42 Å². The summed E-state index contributed by atoms with van der Waals surface area (Å²) in [7, 11) is -3.22. The van der Waals surface area contributed by atoms with Crippen molar-refractivity contribution in [2.75, 3.05) is 0 Å². The number of sulfone groups is 1. The normalized spacial score (nSPS) is 11.6. The van der Waals surface area contributed by atoms with E-state index in [0.29, 0.717) is 11.5 Å². The number of benzene rings is 1. The zero-order chi connectivity index (χ0) is 13.0. The van der Waals surface area contributed by atoms with Crippen LogP contribution in [0.25, 0.3) is 0 Å². The molecule has 0 bridgehead atoms. The summed E-state index contributed by atoms with van der Waals surface area (Å²) < 4.78 is 29.3. The molecule has 0 aliphatic heterocycles. The minimum Gasteiger partial charge on any atom is -0.464 e. The lowest BCUT2D eigenvalue weighted by molar-refractivity contribution is 0.477. The molecule has 0 radical (unpaired) electrons. The highest BCUT2D eigenvalue weighted by Gasteiger charge is 2.15. The Morgan fingerprint density at radius 2 is 1.61 bits per heavy atom. The second-order valence-corrected chi connectivity index (χ2v) is 6.15. The fourth-order valence-electron chi connectivity index (χ4n) is 1.71. The monoisotopic (exact) mass is 265 g/mol. The number of hydrogen-bond donors (Lipinski definition) is 1. The Labute approximate surface area is 106 Å². The van der Waals surface area contributed by atoms with Crippen LogP contribution in [0.5, 0.6) is 0 Å². The summed E-state index contributed by atoms with van der Waals surface area (Å²) in [6.07, 6.45) is 0. The Morgan fingerprint density at radius 3 is 2.22 bits per heavy atom. The molecule has 4 nitrogen and oxygen atoms in total. The van der Waals surface area contributed by atoms with Gasteiger partial charge in [0.05, 0.1) is 12.3 Å². The first-order valence-corrected chi connectivity index (χ1v) is 7.43. The summed E-state index contributed by atoms with van der Waals surface area (Å²) >= 11 is 0. The molecule has 0 atom stereocenters. The van der Waals surface area contributed by atoms with E-state index in [1.807, 2.05) is 18.2 Å². The van der Waals surface area contributed by atoms with Crippen molar-refractivity contribution in [3.8, 4) is 0 Å². The van der Waals surface area contributed by atoms with Crippen LogP contribution in [0.2, 0.25) is 0 Å². The molecule has 1 aromatic carbocycles. The summed E-state index contributed by atoms with van der Waals surface area (Å²) in [6, 6.07) is 12.5. The molecule has 1 heterocycles. The summed E-state index contributed by atoms with van der Waals surface area (Å²) in [5, 5.41) is 0. The van der Waals surface area contributed by atoms with Crippen molar-refractivity contribution in [2.45, 2.75) is 18.1 Å². The lowest BCUT2D eigenvalue weighted by Gasteiger charge is -2.02. The van der Waals surface area contributed by atoms with Crippen LogP contribution in [0.15, 0.2) is 46.9 Å². The van der Waals surface area contributed by atoms with Crippen LogP contribution < -0.4 is 5.73 Å². The fraction of sp³-hybridized carbons (Fsp3) is 0.231. The predicted octanol–water partition coefficient (Wildman–Crippen LogP) is 1.85. The Hall–Kier alpha value is -1.59. The van der Waals surface area contributed by atoms with Gasteiger partial charge in [0.25, 0.3) is 0 Å². The van der Waals surface area contributed by atoms with Crippen LogP contribution in [0.3, 0.4) is 0 Å². The van der Waals surface area contributed by atoms with Gasteiger partial charge in [0.1, 0.15) is 17.3 Å². The average molecular weight is 265 g/mol. The van der Waals surface area contributed by atoms with Crippen molar-refractivity contribution < 1.29 is 12.8 Å². The maximum atomic E-state index is 12.0. The summed E-state index contributed by atoms with van der Waals surface area (Å²) in [6.45, 7) is 0.277. The van der Waals surface area contributed by atoms with Crippen LogP contribution in [-0.2, 0) is 27.9 Å². The van der Waals surface area contributed by atoms with E-state index < -0.39 is 9.84 Å². The molecule has 0 saturated carbocycles. The third-order valence-electron chi connectivity index (χ3n) is 2.51. The zero-order valence-electron chi connectivity index (χ0n) is 9.87. The SMILES string of the molecule is NCc1ccc(CS(=O)(=O)Cc2ccccc2)o1. The number of rotatable bonds is 5. The standard InChI is InChI=1S/C13H15NO3S/c14-8-12-6-7-13(17-12)10-18(15,16)9-11-4-2-1-3-5-11/h1-7H,8-10,14H2. The van der Waals surface area contributed by atoms with Crippen molar-refractivity contribution in [1.82, 2.24) is 0 Å². The molecule has 2 N–H and O–H groups in total. The van der Waals surface area contributed by atoms with Gasteiger partial charge < -0.3 is 10.2 Å². The molecule has 0 amide bonds. The van der Waals surface area contributed by atoms with Crippen molar-refractivity contribution in [2.24, 2.45) is 5.73 Å². The molecule has 2 rings (SSSR count). The number of hydrogen-bond acceptors (Lipinski definition) is 4. The number of nitrogens with two attached hydrogens (primary N) is 1. The lowest BCUT2D eigenvalue weighted by Crippen LogP contribution is -2.07. The van der Waals surface area contributed by atoms with E-state index in [-0.39, 0.29) is 18.1 Å². The van der Waals surface area contributed by atoms with Crippen LogP contribution >= 0.6 is 0 Å². The average Bonchev–Trinajstić information content (AvgIpc) is 2.76.